The number of carbonyl (C=O) groups is 2. The highest BCUT2D eigenvalue weighted by molar-refractivity contribution is 6.00. The van der Waals surface area contributed by atoms with Gasteiger partial charge in [0, 0.05) is 12.8 Å². The van der Waals surface area contributed by atoms with E-state index < -0.39 is 11.8 Å². The number of hydrogen-bond acceptors (Lipinski definition) is 3. The third-order valence-electron chi connectivity index (χ3n) is 2.66. The van der Waals surface area contributed by atoms with Gasteiger partial charge in [-0.1, -0.05) is 0 Å². The highest BCUT2D eigenvalue weighted by Gasteiger charge is 2.13. The zero-order valence-corrected chi connectivity index (χ0v) is 10.4. The van der Waals surface area contributed by atoms with Crippen molar-refractivity contribution in [3.63, 3.8) is 0 Å². The van der Waals surface area contributed by atoms with Gasteiger partial charge in [0.25, 0.3) is 0 Å². The van der Waals surface area contributed by atoms with E-state index >= 15 is 0 Å². The van der Waals surface area contributed by atoms with Gasteiger partial charge in [0.1, 0.15) is 11.6 Å². The molecule has 0 fully saturated rings. The lowest BCUT2D eigenvalue weighted by molar-refractivity contribution is -0.116. The summed E-state index contributed by atoms with van der Waals surface area (Å²) in [5, 5.41) is 11.4. The van der Waals surface area contributed by atoms with Gasteiger partial charge in [0.2, 0.25) is 5.91 Å². The number of aryl methyl sites for hydroxylation is 1. The number of carboxylic acid groups (broad SMARTS) is 1. The number of anilines is 1. The Morgan fingerprint density at radius 1 is 1.30 bits per heavy atom. The minimum Gasteiger partial charge on any atom is -0.478 e. The molecule has 0 aliphatic heterocycles. The van der Waals surface area contributed by atoms with E-state index in [2.05, 4.69) is 5.32 Å². The number of carboxylic acids is 1. The number of aromatic carboxylic acids is 1. The number of carbonyl (C=O) groups excluding carboxylic acids is 1. The SMILES string of the molecule is O=C(CCc1ccco1)Nc1ccc(F)cc1C(=O)O. The van der Waals surface area contributed by atoms with Gasteiger partial charge in [-0.15, -0.1) is 0 Å². The van der Waals surface area contributed by atoms with Crippen molar-refractivity contribution in [2.75, 3.05) is 5.32 Å². The van der Waals surface area contributed by atoms with E-state index in [4.69, 9.17) is 9.52 Å². The van der Waals surface area contributed by atoms with Crippen LogP contribution in [0.5, 0.6) is 0 Å². The maximum absolute atomic E-state index is 13.0. The number of halogens is 1. The first-order valence-electron chi connectivity index (χ1n) is 5.91. The van der Waals surface area contributed by atoms with Crippen molar-refractivity contribution in [2.24, 2.45) is 0 Å². The molecule has 0 aliphatic rings. The Labute approximate surface area is 114 Å². The van der Waals surface area contributed by atoms with E-state index in [9.17, 15) is 14.0 Å². The van der Waals surface area contributed by atoms with Gasteiger partial charge < -0.3 is 14.8 Å². The lowest BCUT2D eigenvalue weighted by atomic mass is 10.1. The van der Waals surface area contributed by atoms with Crippen molar-refractivity contribution in [1.82, 2.24) is 0 Å². The Morgan fingerprint density at radius 3 is 2.75 bits per heavy atom. The van der Waals surface area contributed by atoms with E-state index in [1.54, 1.807) is 12.1 Å². The van der Waals surface area contributed by atoms with Crippen LogP contribution in [0.4, 0.5) is 10.1 Å². The summed E-state index contributed by atoms with van der Waals surface area (Å²) < 4.78 is 18.1. The molecule has 0 spiro atoms. The number of hydrogen-bond donors (Lipinski definition) is 2. The molecule has 20 heavy (non-hydrogen) atoms. The molecule has 1 aromatic carbocycles. The summed E-state index contributed by atoms with van der Waals surface area (Å²) >= 11 is 0. The summed E-state index contributed by atoms with van der Waals surface area (Å²) in [7, 11) is 0. The predicted molar refractivity (Wildman–Crippen MR) is 69.0 cm³/mol. The third-order valence-corrected chi connectivity index (χ3v) is 2.66. The molecule has 2 N–H and O–H groups in total. The normalized spacial score (nSPS) is 10.2. The van der Waals surface area contributed by atoms with Crippen molar-refractivity contribution in [1.29, 1.82) is 0 Å². The van der Waals surface area contributed by atoms with Crippen molar-refractivity contribution in [2.45, 2.75) is 12.8 Å². The standard InChI is InChI=1S/C14H12FNO4/c15-9-3-5-12(11(8-9)14(18)19)16-13(17)6-4-10-2-1-7-20-10/h1-3,5,7-8H,4,6H2,(H,16,17)(H,18,19). The Kier molecular flexibility index (Phi) is 4.14. The van der Waals surface area contributed by atoms with Gasteiger partial charge in [-0.05, 0) is 30.3 Å². The Balaban J connectivity index is 2.02. The smallest absolute Gasteiger partial charge is 0.337 e. The first kappa shape index (κ1) is 13.8. The van der Waals surface area contributed by atoms with E-state index in [0.717, 1.165) is 12.1 Å². The highest BCUT2D eigenvalue weighted by atomic mass is 19.1. The molecule has 1 heterocycles. The lowest BCUT2D eigenvalue weighted by Gasteiger charge is -2.08. The summed E-state index contributed by atoms with van der Waals surface area (Å²) in [6.45, 7) is 0. The Morgan fingerprint density at radius 2 is 2.10 bits per heavy atom. The van der Waals surface area contributed by atoms with Crippen LogP contribution in [0.1, 0.15) is 22.5 Å². The molecule has 2 rings (SSSR count). The van der Waals surface area contributed by atoms with Gasteiger partial charge in [-0.3, -0.25) is 4.79 Å². The first-order chi connectivity index (χ1) is 9.56. The van der Waals surface area contributed by atoms with Crippen LogP contribution in [-0.2, 0) is 11.2 Å². The summed E-state index contributed by atoms with van der Waals surface area (Å²) in [6.07, 6.45) is 2.06. The average Bonchev–Trinajstić information content (AvgIpc) is 2.91. The summed E-state index contributed by atoms with van der Waals surface area (Å²) in [6, 6.07) is 6.65. The molecule has 0 saturated carbocycles. The largest absolute Gasteiger partial charge is 0.478 e. The quantitative estimate of drug-likeness (QED) is 0.880. The fourth-order valence-electron chi connectivity index (χ4n) is 1.71. The number of benzene rings is 1. The average molecular weight is 277 g/mol. The number of amides is 1. The molecular formula is C14H12FNO4. The van der Waals surface area contributed by atoms with Crippen LogP contribution in [0, 0.1) is 5.82 Å². The number of rotatable bonds is 5. The maximum atomic E-state index is 13.0. The van der Waals surface area contributed by atoms with Crippen LogP contribution in [0.3, 0.4) is 0 Å². The van der Waals surface area contributed by atoms with Crippen LogP contribution < -0.4 is 5.32 Å². The maximum Gasteiger partial charge on any atom is 0.337 e. The molecular weight excluding hydrogens is 265 g/mol. The molecule has 104 valence electrons. The van der Waals surface area contributed by atoms with E-state index in [1.807, 2.05) is 0 Å². The first-order valence-corrected chi connectivity index (χ1v) is 5.91. The van der Waals surface area contributed by atoms with Crippen molar-refractivity contribution >= 4 is 17.6 Å². The van der Waals surface area contributed by atoms with Crippen LogP contribution in [0.25, 0.3) is 0 Å². The number of nitrogens with one attached hydrogen (secondary N) is 1. The second-order valence-electron chi connectivity index (χ2n) is 4.12. The van der Waals surface area contributed by atoms with Crippen LogP contribution in [0.2, 0.25) is 0 Å². The molecule has 1 aromatic heterocycles. The molecule has 0 bridgehead atoms. The predicted octanol–water partition coefficient (Wildman–Crippen LogP) is 2.69. The van der Waals surface area contributed by atoms with E-state index in [0.29, 0.717) is 12.2 Å². The second kappa shape index (κ2) is 6.01. The van der Waals surface area contributed by atoms with Crippen LogP contribution in [0.15, 0.2) is 41.0 Å². The van der Waals surface area contributed by atoms with Crippen LogP contribution >= 0.6 is 0 Å². The molecule has 0 radical (unpaired) electrons. The minimum absolute atomic E-state index is 0.0725. The molecule has 0 atom stereocenters. The Bertz CT molecular complexity index is 622. The van der Waals surface area contributed by atoms with Crippen molar-refractivity contribution < 1.29 is 23.5 Å². The molecule has 5 nitrogen and oxygen atoms in total. The molecule has 1 amide bonds. The van der Waals surface area contributed by atoms with Gasteiger partial charge in [0.05, 0.1) is 17.5 Å². The van der Waals surface area contributed by atoms with Crippen molar-refractivity contribution in [3.05, 3.63) is 53.7 Å². The van der Waals surface area contributed by atoms with E-state index in [1.165, 1.54) is 12.3 Å². The summed E-state index contributed by atoms with van der Waals surface area (Å²) in [4.78, 5) is 22.7. The molecule has 6 heteroatoms. The van der Waals surface area contributed by atoms with Crippen LogP contribution in [-0.4, -0.2) is 17.0 Å². The molecule has 0 aliphatic carbocycles. The lowest BCUT2D eigenvalue weighted by Crippen LogP contribution is -2.15. The summed E-state index contributed by atoms with van der Waals surface area (Å²) in [5.41, 5.74) is -0.209. The highest BCUT2D eigenvalue weighted by Crippen LogP contribution is 2.17. The molecule has 0 unspecified atom stereocenters. The van der Waals surface area contributed by atoms with Gasteiger partial charge in [0.15, 0.2) is 0 Å². The third kappa shape index (κ3) is 3.44. The van der Waals surface area contributed by atoms with Crippen molar-refractivity contribution in [3.8, 4) is 0 Å². The molecule has 2 aromatic rings. The van der Waals surface area contributed by atoms with Gasteiger partial charge >= 0.3 is 5.97 Å². The van der Waals surface area contributed by atoms with Gasteiger partial charge in [-0.2, -0.15) is 0 Å². The number of furan rings is 1. The Hall–Kier alpha value is -2.63. The monoisotopic (exact) mass is 277 g/mol. The second-order valence-corrected chi connectivity index (χ2v) is 4.12. The fraction of sp³-hybridized carbons (Fsp3) is 0.143. The zero-order chi connectivity index (χ0) is 14.5. The summed E-state index contributed by atoms with van der Waals surface area (Å²) in [5.74, 6) is -1.67. The minimum atomic E-state index is -1.30. The van der Waals surface area contributed by atoms with E-state index in [-0.39, 0.29) is 23.6 Å². The fourth-order valence-corrected chi connectivity index (χ4v) is 1.71. The zero-order valence-electron chi connectivity index (χ0n) is 10.4. The molecule has 0 saturated heterocycles. The van der Waals surface area contributed by atoms with Gasteiger partial charge in [-0.25, -0.2) is 9.18 Å². The topological polar surface area (TPSA) is 79.5 Å².